The Morgan fingerprint density at radius 2 is 2.15 bits per heavy atom. The highest BCUT2D eigenvalue weighted by Crippen LogP contribution is 2.12. The topological polar surface area (TPSA) is 29.1 Å². The molecule has 0 aliphatic heterocycles. The summed E-state index contributed by atoms with van der Waals surface area (Å²) < 4.78 is 0. The number of hydrogen-bond acceptors (Lipinski definition) is 2. The van der Waals surface area contributed by atoms with E-state index < -0.39 is 0 Å². The lowest BCUT2D eigenvalue weighted by molar-refractivity contribution is -0.112. The molecule has 0 aliphatic carbocycles. The summed E-state index contributed by atoms with van der Waals surface area (Å²) in [5.41, 5.74) is 1.78. The average Bonchev–Trinajstić information content (AvgIpc) is 2.10. The summed E-state index contributed by atoms with van der Waals surface area (Å²) in [5.74, 6) is 0.0501. The quantitative estimate of drug-likeness (QED) is 0.498. The molecule has 0 radical (unpaired) electrons. The van der Waals surface area contributed by atoms with Crippen LogP contribution in [-0.4, -0.2) is 19.4 Å². The molecule has 2 heteroatoms. The van der Waals surface area contributed by atoms with Crippen LogP contribution in [0.15, 0.2) is 36.5 Å². The van der Waals surface area contributed by atoms with Crippen LogP contribution in [0.3, 0.4) is 0 Å². The predicted molar refractivity (Wildman–Crippen MR) is 56.6 cm³/mol. The van der Waals surface area contributed by atoms with Crippen molar-refractivity contribution in [3.63, 3.8) is 0 Å². The molecule has 0 fully saturated rings. The summed E-state index contributed by atoms with van der Waals surface area (Å²) in [7, 11) is 1.88. The summed E-state index contributed by atoms with van der Waals surface area (Å²) in [6.07, 6.45) is 4.09. The lowest BCUT2D eigenvalue weighted by Crippen LogP contribution is -2.09. The standard InChI is InChI=1S/C11H17NO/c1-5-9(2)11(6-7-12-4)8-10(3)13/h5,8,12H,1-2,6-7H2,3-4H3/b11-8-. The Morgan fingerprint density at radius 1 is 1.54 bits per heavy atom. The third-order valence-corrected chi connectivity index (χ3v) is 1.68. The molecule has 0 atom stereocenters. The van der Waals surface area contributed by atoms with Crippen molar-refractivity contribution < 1.29 is 4.79 Å². The molecule has 0 saturated carbocycles. The minimum atomic E-state index is 0.0501. The van der Waals surface area contributed by atoms with E-state index in [1.165, 1.54) is 6.92 Å². The zero-order valence-corrected chi connectivity index (χ0v) is 8.39. The summed E-state index contributed by atoms with van der Waals surface area (Å²) >= 11 is 0. The molecule has 2 nitrogen and oxygen atoms in total. The molecule has 13 heavy (non-hydrogen) atoms. The predicted octanol–water partition coefficient (Wildman–Crippen LogP) is 1.85. The van der Waals surface area contributed by atoms with E-state index in [4.69, 9.17) is 0 Å². The van der Waals surface area contributed by atoms with Gasteiger partial charge in [-0.15, -0.1) is 0 Å². The Hall–Kier alpha value is -1.15. The largest absolute Gasteiger partial charge is 0.319 e. The maximum Gasteiger partial charge on any atom is 0.152 e. The molecular weight excluding hydrogens is 162 g/mol. The van der Waals surface area contributed by atoms with E-state index in [9.17, 15) is 4.79 Å². The van der Waals surface area contributed by atoms with Crippen molar-refractivity contribution in [2.24, 2.45) is 0 Å². The van der Waals surface area contributed by atoms with E-state index in [0.717, 1.165) is 24.1 Å². The van der Waals surface area contributed by atoms with Gasteiger partial charge in [0.1, 0.15) is 0 Å². The number of ketones is 1. The minimum Gasteiger partial charge on any atom is -0.319 e. The smallest absolute Gasteiger partial charge is 0.152 e. The van der Waals surface area contributed by atoms with Gasteiger partial charge in [0.25, 0.3) is 0 Å². The number of rotatable bonds is 6. The van der Waals surface area contributed by atoms with Crippen molar-refractivity contribution in [3.05, 3.63) is 36.5 Å². The number of hydrogen-bond donors (Lipinski definition) is 1. The van der Waals surface area contributed by atoms with Crippen LogP contribution in [0.5, 0.6) is 0 Å². The van der Waals surface area contributed by atoms with Gasteiger partial charge >= 0.3 is 0 Å². The lowest BCUT2D eigenvalue weighted by atomic mass is 10.0. The van der Waals surface area contributed by atoms with Crippen LogP contribution < -0.4 is 5.32 Å². The zero-order valence-electron chi connectivity index (χ0n) is 8.39. The second-order valence-electron chi connectivity index (χ2n) is 2.86. The maximum atomic E-state index is 10.9. The van der Waals surface area contributed by atoms with Crippen LogP contribution in [0.4, 0.5) is 0 Å². The van der Waals surface area contributed by atoms with Crippen molar-refractivity contribution >= 4 is 5.78 Å². The maximum absolute atomic E-state index is 10.9. The molecule has 0 saturated heterocycles. The molecule has 0 aromatic carbocycles. The Bertz CT molecular complexity index is 238. The summed E-state index contributed by atoms with van der Waals surface area (Å²) in [4.78, 5) is 10.9. The Balaban J connectivity index is 4.45. The summed E-state index contributed by atoms with van der Waals surface area (Å²) in [6.45, 7) is 9.81. The second kappa shape index (κ2) is 6.38. The first-order valence-electron chi connectivity index (χ1n) is 4.29. The molecule has 0 spiro atoms. The highest BCUT2D eigenvalue weighted by Gasteiger charge is 2.00. The molecule has 1 N–H and O–H groups in total. The normalized spacial score (nSPS) is 11.1. The fourth-order valence-electron chi connectivity index (χ4n) is 0.962. The van der Waals surface area contributed by atoms with Crippen molar-refractivity contribution in [2.45, 2.75) is 13.3 Å². The molecule has 0 aliphatic rings. The van der Waals surface area contributed by atoms with Crippen molar-refractivity contribution in [3.8, 4) is 0 Å². The highest BCUT2D eigenvalue weighted by molar-refractivity contribution is 5.88. The van der Waals surface area contributed by atoms with E-state index in [0.29, 0.717) is 0 Å². The first kappa shape index (κ1) is 11.8. The summed E-state index contributed by atoms with van der Waals surface area (Å²) in [6, 6.07) is 0. The summed E-state index contributed by atoms with van der Waals surface area (Å²) in [5, 5.41) is 3.02. The van der Waals surface area contributed by atoms with Crippen LogP contribution in [0.2, 0.25) is 0 Å². The van der Waals surface area contributed by atoms with Gasteiger partial charge < -0.3 is 5.32 Å². The van der Waals surface area contributed by atoms with E-state index in [1.807, 2.05) is 7.05 Å². The van der Waals surface area contributed by atoms with Crippen LogP contribution in [0, 0.1) is 0 Å². The zero-order chi connectivity index (χ0) is 10.3. The highest BCUT2D eigenvalue weighted by atomic mass is 16.1. The SMILES string of the molecule is C=CC(=C)/C(=C\C(C)=O)CCNC. The lowest BCUT2D eigenvalue weighted by Gasteiger charge is -2.05. The van der Waals surface area contributed by atoms with Gasteiger partial charge in [0.05, 0.1) is 0 Å². The fraction of sp³-hybridized carbons (Fsp3) is 0.364. The Morgan fingerprint density at radius 3 is 2.54 bits per heavy atom. The average molecular weight is 179 g/mol. The van der Waals surface area contributed by atoms with Gasteiger partial charge in [-0.1, -0.05) is 19.2 Å². The molecule has 0 unspecified atom stereocenters. The minimum absolute atomic E-state index is 0.0501. The van der Waals surface area contributed by atoms with Gasteiger partial charge in [-0.05, 0) is 44.2 Å². The number of carbonyl (C=O) groups excluding carboxylic acids is 1. The molecule has 0 heterocycles. The van der Waals surface area contributed by atoms with Gasteiger partial charge in [-0.25, -0.2) is 0 Å². The molecule has 0 bridgehead atoms. The van der Waals surface area contributed by atoms with E-state index >= 15 is 0 Å². The molecule has 0 aromatic rings. The van der Waals surface area contributed by atoms with Crippen molar-refractivity contribution in [1.29, 1.82) is 0 Å². The third kappa shape index (κ3) is 5.15. The molecule has 0 rings (SSSR count). The van der Waals surface area contributed by atoms with Crippen LogP contribution in [-0.2, 0) is 4.79 Å². The monoisotopic (exact) mass is 179 g/mol. The number of nitrogens with one attached hydrogen (secondary N) is 1. The number of allylic oxidation sites excluding steroid dienone is 3. The molecule has 0 aromatic heterocycles. The molecule has 72 valence electrons. The Kier molecular flexibility index (Phi) is 5.81. The van der Waals surface area contributed by atoms with E-state index in [-0.39, 0.29) is 5.78 Å². The first-order valence-corrected chi connectivity index (χ1v) is 4.29. The fourth-order valence-corrected chi connectivity index (χ4v) is 0.962. The van der Waals surface area contributed by atoms with Crippen molar-refractivity contribution in [2.75, 3.05) is 13.6 Å². The van der Waals surface area contributed by atoms with Gasteiger partial charge in [0.15, 0.2) is 5.78 Å². The second-order valence-corrected chi connectivity index (χ2v) is 2.86. The number of carbonyl (C=O) groups is 1. The van der Waals surface area contributed by atoms with Crippen molar-refractivity contribution in [1.82, 2.24) is 5.32 Å². The third-order valence-electron chi connectivity index (χ3n) is 1.68. The van der Waals surface area contributed by atoms with E-state index in [2.05, 4.69) is 18.5 Å². The van der Waals surface area contributed by atoms with Gasteiger partial charge in [-0.3, -0.25) is 4.79 Å². The van der Waals surface area contributed by atoms with Crippen LogP contribution >= 0.6 is 0 Å². The van der Waals surface area contributed by atoms with E-state index in [1.54, 1.807) is 12.2 Å². The van der Waals surface area contributed by atoms with Gasteiger partial charge in [0.2, 0.25) is 0 Å². The molecule has 0 amide bonds. The molecular formula is C11H17NO. The van der Waals surface area contributed by atoms with Crippen LogP contribution in [0.25, 0.3) is 0 Å². The van der Waals surface area contributed by atoms with Gasteiger partial charge in [-0.2, -0.15) is 0 Å². The first-order chi connectivity index (χ1) is 6.11. The van der Waals surface area contributed by atoms with Gasteiger partial charge in [0, 0.05) is 0 Å². The van der Waals surface area contributed by atoms with Crippen LogP contribution in [0.1, 0.15) is 13.3 Å². The Labute approximate surface area is 80.0 Å².